The molecule has 0 atom stereocenters. The minimum absolute atomic E-state index is 0.0319. The topological polar surface area (TPSA) is 38.1 Å². The fourth-order valence-corrected chi connectivity index (χ4v) is 2.42. The zero-order valence-corrected chi connectivity index (χ0v) is 10.7. The molecule has 4 heteroatoms. The van der Waals surface area contributed by atoms with Crippen LogP contribution in [0.15, 0.2) is 41.7 Å². The van der Waals surface area contributed by atoms with Crippen LogP contribution in [0.3, 0.4) is 0 Å². The molecule has 1 aromatic carbocycles. The summed E-state index contributed by atoms with van der Waals surface area (Å²) in [4.78, 5) is 4.34. The molecular weight excluding hydrogens is 232 g/mol. The van der Waals surface area contributed by atoms with Crippen LogP contribution in [0.25, 0.3) is 0 Å². The number of aromatic nitrogens is 2. The Kier molecular flexibility index (Phi) is 4.23. The molecule has 0 aliphatic rings. The third-order valence-corrected chi connectivity index (χ3v) is 3.39. The second-order valence-corrected chi connectivity index (χ2v) is 4.93. The zero-order chi connectivity index (χ0) is 12.1. The first kappa shape index (κ1) is 12.2. The van der Waals surface area contributed by atoms with E-state index in [4.69, 9.17) is 0 Å². The quantitative estimate of drug-likeness (QED) is 0.826. The van der Waals surface area contributed by atoms with Gasteiger partial charge in [0.25, 0.3) is 0 Å². The van der Waals surface area contributed by atoms with Gasteiger partial charge in [-0.15, -0.1) is 0 Å². The highest BCUT2D eigenvalue weighted by Crippen LogP contribution is 2.19. The van der Waals surface area contributed by atoms with E-state index in [1.807, 2.05) is 18.2 Å². The van der Waals surface area contributed by atoms with Crippen molar-refractivity contribution in [3.05, 3.63) is 47.8 Å². The van der Waals surface area contributed by atoms with Crippen LogP contribution in [0.1, 0.15) is 18.2 Å². The summed E-state index contributed by atoms with van der Waals surface area (Å²) in [5.41, 5.74) is 2.09. The Labute approximate surface area is 106 Å². The van der Waals surface area contributed by atoms with Crippen molar-refractivity contribution in [2.24, 2.45) is 0 Å². The molecule has 2 aromatic rings. The van der Waals surface area contributed by atoms with Crippen LogP contribution in [-0.2, 0) is 13.2 Å². The van der Waals surface area contributed by atoms with Gasteiger partial charge < -0.3 is 9.67 Å². The number of aliphatic hydroxyl groups excluding tert-OH is 1. The van der Waals surface area contributed by atoms with Gasteiger partial charge in [0.1, 0.15) is 0 Å². The smallest absolute Gasteiger partial charge is 0.168 e. The van der Waals surface area contributed by atoms with E-state index in [2.05, 4.69) is 28.6 Å². The molecule has 90 valence electrons. The molecule has 1 heterocycles. The van der Waals surface area contributed by atoms with Gasteiger partial charge in [-0.2, -0.15) is 0 Å². The van der Waals surface area contributed by atoms with E-state index in [9.17, 15) is 5.11 Å². The molecule has 17 heavy (non-hydrogen) atoms. The highest BCUT2D eigenvalue weighted by Gasteiger charge is 2.09. The Hall–Kier alpha value is -1.26. The molecule has 0 aliphatic heterocycles. The molecule has 1 aromatic heterocycles. The third kappa shape index (κ3) is 2.90. The summed E-state index contributed by atoms with van der Waals surface area (Å²) in [6.07, 6.45) is 1.75. The highest BCUT2D eigenvalue weighted by molar-refractivity contribution is 7.99. The van der Waals surface area contributed by atoms with Gasteiger partial charge in [-0.3, -0.25) is 0 Å². The summed E-state index contributed by atoms with van der Waals surface area (Å²) in [5.74, 6) is 0.983. The van der Waals surface area contributed by atoms with Crippen molar-refractivity contribution in [3.63, 3.8) is 0 Å². The molecular formula is C13H16N2OS. The molecule has 0 fully saturated rings. The molecule has 0 saturated heterocycles. The maximum Gasteiger partial charge on any atom is 0.168 e. The van der Waals surface area contributed by atoms with Crippen LogP contribution in [0, 0.1) is 0 Å². The minimum Gasteiger partial charge on any atom is -0.390 e. The lowest BCUT2D eigenvalue weighted by Crippen LogP contribution is -2.05. The Bertz CT molecular complexity index is 468. The van der Waals surface area contributed by atoms with Crippen molar-refractivity contribution in [1.82, 2.24) is 9.55 Å². The summed E-state index contributed by atoms with van der Waals surface area (Å²) < 4.78 is 2.07. The van der Waals surface area contributed by atoms with Gasteiger partial charge >= 0.3 is 0 Å². The van der Waals surface area contributed by atoms with Gasteiger partial charge in [0.05, 0.1) is 18.5 Å². The van der Waals surface area contributed by atoms with E-state index < -0.39 is 0 Å². The van der Waals surface area contributed by atoms with Crippen molar-refractivity contribution in [3.8, 4) is 0 Å². The highest BCUT2D eigenvalue weighted by atomic mass is 32.2. The van der Waals surface area contributed by atoms with Crippen molar-refractivity contribution < 1.29 is 5.11 Å². The second kappa shape index (κ2) is 5.89. The number of nitrogens with zero attached hydrogens (tertiary/aromatic N) is 2. The molecule has 0 aliphatic carbocycles. The molecule has 1 N–H and O–H groups in total. The van der Waals surface area contributed by atoms with Gasteiger partial charge in [0, 0.05) is 6.54 Å². The monoisotopic (exact) mass is 248 g/mol. The fourth-order valence-electron chi connectivity index (χ4n) is 1.70. The first-order chi connectivity index (χ1) is 8.35. The molecule has 0 spiro atoms. The summed E-state index contributed by atoms with van der Waals surface area (Å²) in [6.45, 7) is 2.90. The Morgan fingerprint density at radius 1 is 1.29 bits per heavy atom. The number of hydrogen-bond donors (Lipinski definition) is 1. The normalized spacial score (nSPS) is 10.7. The average molecular weight is 248 g/mol. The Balaban J connectivity index is 2.26. The second-order valence-electron chi connectivity index (χ2n) is 3.69. The molecule has 2 rings (SSSR count). The largest absolute Gasteiger partial charge is 0.390 e. The Morgan fingerprint density at radius 3 is 2.71 bits per heavy atom. The molecule has 0 unspecified atom stereocenters. The first-order valence-electron chi connectivity index (χ1n) is 5.67. The zero-order valence-electron chi connectivity index (χ0n) is 9.84. The van der Waals surface area contributed by atoms with Crippen LogP contribution in [-0.4, -0.2) is 20.4 Å². The van der Waals surface area contributed by atoms with Crippen LogP contribution in [0.4, 0.5) is 0 Å². The maximum absolute atomic E-state index is 9.31. The third-order valence-electron chi connectivity index (χ3n) is 2.52. The van der Waals surface area contributed by atoms with E-state index in [0.29, 0.717) is 0 Å². The molecule has 0 amide bonds. The number of rotatable bonds is 5. The number of hydrogen-bond acceptors (Lipinski definition) is 3. The van der Waals surface area contributed by atoms with E-state index in [-0.39, 0.29) is 6.61 Å². The van der Waals surface area contributed by atoms with Crippen LogP contribution in [0.5, 0.6) is 0 Å². The SMILES string of the molecule is CCSc1ncc(CO)n1Cc1ccccc1. The lowest BCUT2D eigenvalue weighted by Gasteiger charge is -2.10. The number of benzene rings is 1. The summed E-state index contributed by atoms with van der Waals surface area (Å²) in [7, 11) is 0. The predicted molar refractivity (Wildman–Crippen MR) is 70.1 cm³/mol. The van der Waals surface area contributed by atoms with Gasteiger partial charge in [0.15, 0.2) is 5.16 Å². The predicted octanol–water partition coefficient (Wildman–Crippen LogP) is 2.54. The summed E-state index contributed by atoms with van der Waals surface area (Å²) >= 11 is 1.70. The van der Waals surface area contributed by atoms with Gasteiger partial charge in [-0.05, 0) is 11.3 Å². The van der Waals surface area contributed by atoms with Gasteiger partial charge in [-0.25, -0.2) is 4.98 Å². The molecule has 3 nitrogen and oxygen atoms in total. The number of thioether (sulfide) groups is 1. The maximum atomic E-state index is 9.31. The van der Waals surface area contributed by atoms with E-state index in [1.54, 1.807) is 18.0 Å². The molecule has 0 bridgehead atoms. The van der Waals surface area contributed by atoms with E-state index >= 15 is 0 Å². The first-order valence-corrected chi connectivity index (χ1v) is 6.65. The van der Waals surface area contributed by atoms with E-state index in [0.717, 1.165) is 23.1 Å². The standard InChI is InChI=1S/C13H16N2OS/c1-2-17-13-14-8-12(10-16)15(13)9-11-6-4-3-5-7-11/h3-8,16H,2,9-10H2,1H3. The summed E-state index contributed by atoms with van der Waals surface area (Å²) in [5, 5.41) is 10.3. The average Bonchev–Trinajstić information content (AvgIpc) is 2.74. The van der Waals surface area contributed by atoms with Crippen molar-refractivity contribution >= 4 is 11.8 Å². The van der Waals surface area contributed by atoms with Crippen molar-refractivity contribution in [2.45, 2.75) is 25.2 Å². The Morgan fingerprint density at radius 2 is 2.06 bits per heavy atom. The minimum atomic E-state index is 0.0319. The lowest BCUT2D eigenvalue weighted by atomic mass is 10.2. The van der Waals surface area contributed by atoms with E-state index in [1.165, 1.54) is 5.56 Å². The lowest BCUT2D eigenvalue weighted by molar-refractivity contribution is 0.270. The van der Waals surface area contributed by atoms with Crippen molar-refractivity contribution in [1.29, 1.82) is 0 Å². The fraction of sp³-hybridized carbons (Fsp3) is 0.308. The van der Waals surface area contributed by atoms with Crippen LogP contribution in [0.2, 0.25) is 0 Å². The van der Waals surface area contributed by atoms with Crippen molar-refractivity contribution in [2.75, 3.05) is 5.75 Å². The van der Waals surface area contributed by atoms with Gasteiger partial charge in [0.2, 0.25) is 0 Å². The summed E-state index contributed by atoms with van der Waals surface area (Å²) in [6, 6.07) is 10.2. The van der Waals surface area contributed by atoms with Gasteiger partial charge in [-0.1, -0.05) is 49.0 Å². The number of aliphatic hydroxyl groups is 1. The number of imidazole rings is 1. The van der Waals surface area contributed by atoms with Crippen LogP contribution < -0.4 is 0 Å². The molecule has 0 radical (unpaired) electrons. The van der Waals surface area contributed by atoms with Crippen LogP contribution >= 0.6 is 11.8 Å². The molecule has 0 saturated carbocycles.